The van der Waals surface area contributed by atoms with Gasteiger partial charge in [0, 0.05) is 5.39 Å². The summed E-state index contributed by atoms with van der Waals surface area (Å²) < 4.78 is 53.1. The Hall–Kier alpha value is -3.94. The molecule has 0 saturated carbocycles. The molecular weight excluding hydrogens is 466 g/mol. The summed E-state index contributed by atoms with van der Waals surface area (Å²) in [5.74, 6) is -2.33. The fourth-order valence-corrected chi connectivity index (χ4v) is 3.46. The van der Waals surface area contributed by atoms with E-state index in [2.05, 4.69) is 10.4 Å². The Bertz CT molecular complexity index is 1280. The van der Waals surface area contributed by atoms with Crippen LogP contribution in [0.1, 0.15) is 42.4 Å². The maximum Gasteiger partial charge on any atom is 0.405 e. The Balaban J connectivity index is 1.93. The van der Waals surface area contributed by atoms with E-state index in [9.17, 15) is 27.2 Å². The minimum Gasteiger partial charge on any atom is -0.345 e. The summed E-state index contributed by atoms with van der Waals surface area (Å²) in [6.45, 7) is 3.43. The highest BCUT2D eigenvalue weighted by Gasteiger charge is 2.36. The van der Waals surface area contributed by atoms with Crippen LogP contribution >= 0.6 is 0 Å². The van der Waals surface area contributed by atoms with E-state index in [1.807, 2.05) is 6.07 Å². The molecule has 2 N–H and O–H groups in total. The lowest BCUT2D eigenvalue weighted by Gasteiger charge is -2.30. The van der Waals surface area contributed by atoms with Crippen LogP contribution < -0.4 is 10.6 Å². The number of rotatable bonds is 6. The Morgan fingerprint density at radius 2 is 1.77 bits per heavy atom. The molecule has 0 spiro atoms. The lowest BCUT2D eigenvalue weighted by Crippen LogP contribution is -2.54. The predicted molar refractivity (Wildman–Crippen MR) is 120 cm³/mol. The van der Waals surface area contributed by atoms with Crippen molar-refractivity contribution in [3.8, 4) is 6.07 Å². The van der Waals surface area contributed by atoms with Gasteiger partial charge in [0.25, 0.3) is 5.91 Å². The number of carbonyl (C=O) groups excluding carboxylic acids is 2. The molecule has 1 atom stereocenters. The topological polar surface area (TPSA) is 99.8 Å². The van der Waals surface area contributed by atoms with Crippen molar-refractivity contribution < 1.29 is 27.2 Å². The third-order valence-electron chi connectivity index (χ3n) is 5.21. The molecule has 2 aromatic carbocycles. The van der Waals surface area contributed by atoms with E-state index in [1.165, 1.54) is 16.8 Å². The number of alkyl halides is 3. The molecule has 0 unspecified atom stereocenters. The second kappa shape index (κ2) is 9.74. The molecule has 0 aliphatic rings. The van der Waals surface area contributed by atoms with E-state index < -0.39 is 41.8 Å². The smallest absolute Gasteiger partial charge is 0.345 e. The van der Waals surface area contributed by atoms with E-state index in [0.29, 0.717) is 16.5 Å². The largest absolute Gasteiger partial charge is 0.405 e. The molecule has 0 aliphatic carbocycles. The summed E-state index contributed by atoms with van der Waals surface area (Å²) in [7, 11) is 0. The number of nitrogens with one attached hydrogen (secondary N) is 2. The van der Waals surface area contributed by atoms with Gasteiger partial charge < -0.3 is 10.6 Å². The van der Waals surface area contributed by atoms with Gasteiger partial charge in [-0.15, -0.1) is 0 Å². The van der Waals surface area contributed by atoms with Crippen molar-refractivity contribution in [3.63, 3.8) is 0 Å². The summed E-state index contributed by atoms with van der Waals surface area (Å²) in [6, 6.07) is 11.1. The third-order valence-corrected chi connectivity index (χ3v) is 5.21. The zero-order valence-electron chi connectivity index (χ0n) is 19.2. The van der Waals surface area contributed by atoms with Gasteiger partial charge in [0.1, 0.15) is 18.4 Å². The molecule has 0 saturated heterocycles. The van der Waals surface area contributed by atoms with Crippen molar-refractivity contribution in [2.24, 2.45) is 5.41 Å². The van der Waals surface area contributed by atoms with Crippen molar-refractivity contribution in [2.75, 3.05) is 6.54 Å². The van der Waals surface area contributed by atoms with Crippen molar-refractivity contribution in [1.82, 2.24) is 20.4 Å². The van der Waals surface area contributed by atoms with Crippen LogP contribution in [0.25, 0.3) is 10.9 Å². The molecule has 0 radical (unpaired) electrons. The van der Waals surface area contributed by atoms with Crippen LogP contribution in [0, 0.1) is 22.6 Å². The number of nitriles is 1. The van der Waals surface area contributed by atoms with Crippen molar-refractivity contribution in [2.45, 2.75) is 39.5 Å². The second-order valence-electron chi connectivity index (χ2n) is 9.08. The van der Waals surface area contributed by atoms with E-state index >= 15 is 0 Å². The first kappa shape index (κ1) is 25.7. The molecule has 0 fully saturated rings. The summed E-state index contributed by atoms with van der Waals surface area (Å²) in [6.07, 6.45) is -4.60. The fourth-order valence-electron chi connectivity index (χ4n) is 3.46. The average molecular weight is 489 g/mol. The van der Waals surface area contributed by atoms with E-state index in [0.717, 1.165) is 11.6 Å². The van der Waals surface area contributed by atoms with E-state index in [4.69, 9.17) is 5.26 Å². The number of nitrogens with zero attached hydrogens (tertiary/aromatic N) is 3. The molecular formula is C24H23F4N5O2. The number of aromatic nitrogens is 2. The van der Waals surface area contributed by atoms with Crippen molar-refractivity contribution in [1.29, 1.82) is 5.26 Å². The maximum absolute atomic E-state index is 14.0. The van der Waals surface area contributed by atoms with Gasteiger partial charge in [0.2, 0.25) is 5.91 Å². The first-order chi connectivity index (χ1) is 16.3. The summed E-state index contributed by atoms with van der Waals surface area (Å²) >= 11 is 0. The van der Waals surface area contributed by atoms with Crippen molar-refractivity contribution in [3.05, 3.63) is 65.1 Å². The molecule has 1 aromatic heterocycles. The minimum atomic E-state index is -4.60. The molecule has 11 heteroatoms. The Morgan fingerprint density at radius 1 is 1.11 bits per heavy atom. The monoisotopic (exact) mass is 489 g/mol. The maximum atomic E-state index is 14.0. The van der Waals surface area contributed by atoms with Gasteiger partial charge >= 0.3 is 6.18 Å². The highest BCUT2D eigenvalue weighted by molar-refractivity contribution is 6.06. The molecule has 1 heterocycles. The van der Waals surface area contributed by atoms with Crippen LogP contribution in [0.4, 0.5) is 17.6 Å². The quantitative estimate of drug-likeness (QED) is 0.513. The number of carbonyl (C=O) groups is 2. The molecule has 3 aromatic rings. The number of benzene rings is 2. The van der Waals surface area contributed by atoms with Crippen LogP contribution in [-0.2, 0) is 11.3 Å². The van der Waals surface area contributed by atoms with Gasteiger partial charge in [-0.2, -0.15) is 23.5 Å². The molecule has 3 rings (SSSR count). The predicted octanol–water partition coefficient (Wildman–Crippen LogP) is 3.92. The highest BCUT2D eigenvalue weighted by Crippen LogP contribution is 2.24. The lowest BCUT2D eigenvalue weighted by atomic mass is 9.86. The van der Waals surface area contributed by atoms with Gasteiger partial charge in [-0.05, 0) is 41.3 Å². The van der Waals surface area contributed by atoms with Gasteiger partial charge in [-0.1, -0.05) is 32.9 Å². The van der Waals surface area contributed by atoms with Crippen LogP contribution in [0.5, 0.6) is 0 Å². The number of hydrogen-bond acceptors (Lipinski definition) is 4. The van der Waals surface area contributed by atoms with E-state index in [-0.39, 0.29) is 12.2 Å². The van der Waals surface area contributed by atoms with Gasteiger partial charge in [-0.3, -0.25) is 14.3 Å². The standard InChI is InChI=1S/C24H23F4N5O2/c1-23(2,3)20(22(35)30-13-24(26,27)28)31-21(34)19-17-9-8-16(25)10-18(17)33(32-19)12-15-6-4-14(11-29)5-7-15/h4-10,20H,12-13H2,1-3H3,(H,30,35)(H,31,34)/t20-/m1/s1. The van der Waals surface area contributed by atoms with Gasteiger partial charge in [0.15, 0.2) is 5.69 Å². The van der Waals surface area contributed by atoms with Crippen LogP contribution in [-0.4, -0.2) is 40.4 Å². The summed E-state index contributed by atoms with van der Waals surface area (Å²) in [5.41, 5.74) is 0.490. The zero-order chi connectivity index (χ0) is 26.0. The molecule has 35 heavy (non-hydrogen) atoms. The second-order valence-corrected chi connectivity index (χ2v) is 9.08. The molecule has 0 bridgehead atoms. The Kier molecular flexibility index (Phi) is 7.14. The van der Waals surface area contributed by atoms with E-state index in [1.54, 1.807) is 50.4 Å². The number of amides is 2. The van der Waals surface area contributed by atoms with Crippen LogP contribution in [0.3, 0.4) is 0 Å². The Labute approximate surface area is 198 Å². The first-order valence-corrected chi connectivity index (χ1v) is 10.6. The van der Waals surface area contributed by atoms with Crippen LogP contribution in [0.2, 0.25) is 0 Å². The fraction of sp³-hybridized carbons (Fsp3) is 0.333. The molecule has 7 nitrogen and oxygen atoms in total. The number of halogens is 4. The molecule has 0 aliphatic heterocycles. The average Bonchev–Trinajstić information content (AvgIpc) is 3.12. The highest BCUT2D eigenvalue weighted by atomic mass is 19.4. The minimum absolute atomic E-state index is 0.105. The summed E-state index contributed by atoms with van der Waals surface area (Å²) in [4.78, 5) is 25.6. The van der Waals surface area contributed by atoms with Gasteiger partial charge in [-0.25, -0.2) is 4.39 Å². The molecule has 184 valence electrons. The SMILES string of the molecule is CC(C)(C)[C@H](NC(=O)c1nn(Cc2ccc(C#N)cc2)c2cc(F)ccc12)C(=O)NCC(F)(F)F. The number of hydrogen-bond donors (Lipinski definition) is 2. The third kappa shape index (κ3) is 6.35. The molecule has 2 amide bonds. The number of fused-ring (bicyclic) bond motifs is 1. The lowest BCUT2D eigenvalue weighted by molar-refractivity contribution is -0.140. The Morgan fingerprint density at radius 3 is 2.34 bits per heavy atom. The first-order valence-electron chi connectivity index (χ1n) is 10.6. The van der Waals surface area contributed by atoms with Crippen LogP contribution in [0.15, 0.2) is 42.5 Å². The van der Waals surface area contributed by atoms with Crippen molar-refractivity contribution >= 4 is 22.7 Å². The zero-order valence-corrected chi connectivity index (χ0v) is 19.2. The summed E-state index contributed by atoms with van der Waals surface area (Å²) in [5, 5.41) is 17.9. The normalized spacial score (nSPS) is 12.7. The van der Waals surface area contributed by atoms with Gasteiger partial charge in [0.05, 0.1) is 23.7 Å².